The fraction of sp³-hybridized carbons (Fsp3) is 0.375. The largest absolute Gasteiger partial charge is 0.490 e. The lowest BCUT2D eigenvalue weighted by Crippen LogP contribution is -2.38. The summed E-state index contributed by atoms with van der Waals surface area (Å²) in [6, 6.07) is 12.3. The van der Waals surface area contributed by atoms with Crippen molar-refractivity contribution in [3.05, 3.63) is 64.5 Å². The number of aryl methyl sites for hydroxylation is 1. The molecule has 1 aromatic heterocycles. The number of likely N-dealkylation sites (tertiary alicyclic amines) is 1. The summed E-state index contributed by atoms with van der Waals surface area (Å²) in [5.41, 5.74) is 1.89. The average molecular weight is 473 g/mol. The number of Topliss-reactive ketones (excluding diaryl/α,β-unsaturated/α-hetero) is 1. The smallest absolute Gasteiger partial charge is 0.161 e. The van der Waals surface area contributed by atoms with Gasteiger partial charge in [-0.15, -0.1) is 0 Å². The summed E-state index contributed by atoms with van der Waals surface area (Å²) in [5.74, 6) is 0.599. The summed E-state index contributed by atoms with van der Waals surface area (Å²) in [7, 11) is 0. The Kier molecular flexibility index (Phi) is 6.54. The molecule has 30 heavy (non-hydrogen) atoms. The van der Waals surface area contributed by atoms with Gasteiger partial charge in [0.25, 0.3) is 0 Å². The summed E-state index contributed by atoms with van der Waals surface area (Å²) in [6.45, 7) is 5.53. The van der Waals surface area contributed by atoms with Gasteiger partial charge in [0.1, 0.15) is 17.7 Å². The Morgan fingerprint density at radius 2 is 1.87 bits per heavy atom. The van der Waals surface area contributed by atoms with E-state index >= 15 is 0 Å². The molecule has 2 heterocycles. The van der Waals surface area contributed by atoms with Crippen molar-refractivity contribution in [2.45, 2.75) is 38.8 Å². The van der Waals surface area contributed by atoms with Crippen molar-refractivity contribution in [2.75, 3.05) is 19.6 Å². The number of piperidine rings is 1. The number of halogens is 2. The third-order valence-corrected chi connectivity index (χ3v) is 6.24. The van der Waals surface area contributed by atoms with Crippen LogP contribution >= 0.6 is 15.9 Å². The van der Waals surface area contributed by atoms with Gasteiger partial charge in [0.15, 0.2) is 5.78 Å². The molecule has 0 aliphatic carbocycles. The standard InChI is InChI=1S/C24H26BrFN2O2/c1-17(29)23-16-28(24-15-18(25)3-8-22(23)24)12-2-11-27-13-9-21(10-14-27)30-20-6-4-19(26)5-7-20/h3-8,15-16,21H,2,9-14H2,1H3. The topological polar surface area (TPSA) is 34.5 Å². The van der Waals surface area contributed by atoms with E-state index in [9.17, 15) is 9.18 Å². The minimum atomic E-state index is -0.240. The summed E-state index contributed by atoms with van der Waals surface area (Å²) >= 11 is 3.54. The molecule has 0 amide bonds. The molecule has 4 nitrogen and oxygen atoms in total. The monoisotopic (exact) mass is 472 g/mol. The highest BCUT2D eigenvalue weighted by molar-refractivity contribution is 9.10. The first kappa shape index (κ1) is 21.1. The molecule has 4 rings (SSSR count). The van der Waals surface area contributed by atoms with Gasteiger partial charge in [-0.3, -0.25) is 4.79 Å². The maximum absolute atomic E-state index is 13.0. The van der Waals surface area contributed by atoms with Crippen LogP contribution in [0.25, 0.3) is 10.9 Å². The predicted octanol–water partition coefficient (Wildman–Crippen LogP) is 5.68. The van der Waals surface area contributed by atoms with Crippen molar-refractivity contribution in [1.29, 1.82) is 0 Å². The number of ketones is 1. The molecule has 0 bridgehead atoms. The van der Waals surface area contributed by atoms with E-state index in [2.05, 4.69) is 31.5 Å². The molecule has 1 aliphatic rings. The zero-order valence-electron chi connectivity index (χ0n) is 17.1. The van der Waals surface area contributed by atoms with Crippen molar-refractivity contribution in [2.24, 2.45) is 0 Å². The van der Waals surface area contributed by atoms with Crippen LogP contribution in [0.4, 0.5) is 4.39 Å². The first-order valence-electron chi connectivity index (χ1n) is 10.4. The van der Waals surface area contributed by atoms with E-state index in [1.807, 2.05) is 18.3 Å². The molecule has 6 heteroatoms. The van der Waals surface area contributed by atoms with E-state index in [1.54, 1.807) is 19.1 Å². The Balaban J connectivity index is 1.29. The van der Waals surface area contributed by atoms with Crippen LogP contribution in [0.5, 0.6) is 5.75 Å². The van der Waals surface area contributed by atoms with E-state index in [-0.39, 0.29) is 17.7 Å². The molecule has 158 valence electrons. The van der Waals surface area contributed by atoms with Gasteiger partial charge >= 0.3 is 0 Å². The number of benzene rings is 2. The molecule has 0 spiro atoms. The highest BCUT2D eigenvalue weighted by Gasteiger charge is 2.20. The van der Waals surface area contributed by atoms with Crippen LogP contribution in [0.1, 0.15) is 36.5 Å². The van der Waals surface area contributed by atoms with E-state index < -0.39 is 0 Å². The lowest BCUT2D eigenvalue weighted by atomic mass is 10.1. The van der Waals surface area contributed by atoms with Gasteiger partial charge in [0.05, 0.1) is 0 Å². The molecule has 0 atom stereocenters. The summed E-state index contributed by atoms with van der Waals surface area (Å²) < 4.78 is 22.2. The molecule has 1 fully saturated rings. The van der Waals surface area contributed by atoms with E-state index in [0.29, 0.717) is 0 Å². The Labute approximate surface area is 184 Å². The zero-order chi connectivity index (χ0) is 21.1. The number of nitrogens with zero attached hydrogens (tertiary/aromatic N) is 2. The summed E-state index contributed by atoms with van der Waals surface area (Å²) in [5, 5.41) is 1.02. The summed E-state index contributed by atoms with van der Waals surface area (Å²) in [6.07, 6.45) is 5.16. The van der Waals surface area contributed by atoms with Crippen LogP contribution in [0.15, 0.2) is 53.1 Å². The first-order chi connectivity index (χ1) is 14.5. The second kappa shape index (κ2) is 9.31. The van der Waals surface area contributed by atoms with Crippen LogP contribution in [0.3, 0.4) is 0 Å². The van der Waals surface area contributed by atoms with Gasteiger partial charge in [-0.05, 0) is 69.1 Å². The second-order valence-electron chi connectivity index (χ2n) is 7.92. The summed E-state index contributed by atoms with van der Waals surface area (Å²) in [4.78, 5) is 14.5. The zero-order valence-corrected chi connectivity index (χ0v) is 18.7. The third-order valence-electron chi connectivity index (χ3n) is 5.75. The number of rotatable bonds is 7. The highest BCUT2D eigenvalue weighted by atomic mass is 79.9. The van der Waals surface area contributed by atoms with E-state index in [1.165, 1.54) is 12.1 Å². The molecule has 0 unspecified atom stereocenters. The van der Waals surface area contributed by atoms with Gasteiger partial charge < -0.3 is 14.2 Å². The lowest BCUT2D eigenvalue weighted by molar-refractivity contribution is 0.0992. The van der Waals surface area contributed by atoms with Crippen molar-refractivity contribution in [1.82, 2.24) is 9.47 Å². The van der Waals surface area contributed by atoms with Crippen LogP contribution in [0.2, 0.25) is 0 Å². The van der Waals surface area contributed by atoms with Crippen molar-refractivity contribution in [3.63, 3.8) is 0 Å². The van der Waals surface area contributed by atoms with Gasteiger partial charge in [0, 0.05) is 46.8 Å². The molecule has 2 aromatic carbocycles. The number of carbonyl (C=O) groups excluding carboxylic acids is 1. The molecule has 0 N–H and O–H groups in total. The quantitative estimate of drug-likeness (QED) is 0.414. The number of ether oxygens (including phenoxy) is 1. The van der Waals surface area contributed by atoms with Crippen LogP contribution in [0, 0.1) is 5.82 Å². The number of hydrogen-bond acceptors (Lipinski definition) is 3. The fourth-order valence-electron chi connectivity index (χ4n) is 4.15. The Bertz CT molecular complexity index is 1020. The fourth-order valence-corrected chi connectivity index (χ4v) is 4.50. The molecular weight excluding hydrogens is 447 g/mol. The molecule has 3 aromatic rings. The minimum Gasteiger partial charge on any atom is -0.490 e. The Hall–Kier alpha value is -2.18. The Morgan fingerprint density at radius 1 is 1.13 bits per heavy atom. The van der Waals surface area contributed by atoms with Gasteiger partial charge in [-0.25, -0.2) is 4.39 Å². The van der Waals surface area contributed by atoms with Crippen molar-refractivity contribution >= 4 is 32.6 Å². The molecule has 0 radical (unpaired) electrons. The van der Waals surface area contributed by atoms with Crippen LogP contribution in [-0.4, -0.2) is 41.0 Å². The number of hydrogen-bond donors (Lipinski definition) is 0. The number of aromatic nitrogens is 1. The van der Waals surface area contributed by atoms with Crippen LogP contribution in [-0.2, 0) is 6.54 Å². The normalized spacial score (nSPS) is 15.6. The lowest BCUT2D eigenvalue weighted by Gasteiger charge is -2.32. The highest BCUT2D eigenvalue weighted by Crippen LogP contribution is 2.26. The SMILES string of the molecule is CC(=O)c1cn(CCCN2CCC(Oc3ccc(F)cc3)CC2)c2cc(Br)ccc12. The number of fused-ring (bicyclic) bond motifs is 1. The van der Waals surface area contributed by atoms with Gasteiger partial charge in [-0.2, -0.15) is 0 Å². The maximum Gasteiger partial charge on any atom is 0.161 e. The molecule has 1 saturated heterocycles. The number of carbonyl (C=O) groups is 1. The molecule has 1 aliphatic heterocycles. The predicted molar refractivity (Wildman–Crippen MR) is 121 cm³/mol. The minimum absolute atomic E-state index is 0.101. The third kappa shape index (κ3) is 4.93. The van der Waals surface area contributed by atoms with Gasteiger partial charge in [0.2, 0.25) is 0 Å². The second-order valence-corrected chi connectivity index (χ2v) is 8.84. The van der Waals surface area contributed by atoms with Crippen molar-refractivity contribution in [3.8, 4) is 5.75 Å². The molecule has 0 saturated carbocycles. The average Bonchev–Trinajstić information content (AvgIpc) is 3.09. The van der Waals surface area contributed by atoms with Crippen molar-refractivity contribution < 1.29 is 13.9 Å². The van der Waals surface area contributed by atoms with Gasteiger partial charge in [-0.1, -0.05) is 22.0 Å². The maximum atomic E-state index is 13.0. The first-order valence-corrected chi connectivity index (χ1v) is 11.2. The molecular formula is C24H26BrFN2O2. The van der Waals surface area contributed by atoms with E-state index in [4.69, 9.17) is 4.74 Å². The van der Waals surface area contributed by atoms with E-state index in [0.717, 1.165) is 72.1 Å². The van der Waals surface area contributed by atoms with Crippen LogP contribution < -0.4 is 4.74 Å². The Morgan fingerprint density at radius 3 is 2.57 bits per heavy atom.